The van der Waals surface area contributed by atoms with Crippen LogP contribution in [0.25, 0.3) is 4.91 Å². The number of allylic oxidation sites excluding steroid dienone is 1. The van der Waals surface area contributed by atoms with E-state index in [1.54, 1.807) is 18.7 Å². The van der Waals surface area contributed by atoms with E-state index in [1.165, 1.54) is 5.57 Å². The van der Waals surface area contributed by atoms with Gasteiger partial charge in [0, 0.05) is 10.3 Å². The van der Waals surface area contributed by atoms with Crippen LogP contribution < -0.4 is 5.32 Å². The molecule has 0 unspecified atom stereocenters. The SMILES string of the molecule is C=C=CSC(=C(C)C)c1ccc([C@@H](NC(=O)[C@@H]2C[C@@H](O)CC=C2C)[C@H](C)O)cc1. The Balaban J connectivity index is 2.22. The fourth-order valence-corrected chi connectivity index (χ4v) is 4.19. The standard InChI is InChI=1S/C24H31NO3S/c1-6-13-29-23(15(2)3)19-10-8-18(9-11-19)22(17(5)26)25-24(28)21-14-20(27)12-7-16(21)4/h7-11,13,17,20-22,26-27H,1,12,14H2,2-5H3,(H,25,28)/t17-,20-,21+,22-/m0/s1. The minimum absolute atomic E-state index is 0.163. The molecule has 3 N–H and O–H groups in total. The Morgan fingerprint density at radius 3 is 2.55 bits per heavy atom. The summed E-state index contributed by atoms with van der Waals surface area (Å²) in [6, 6.07) is 7.36. The summed E-state index contributed by atoms with van der Waals surface area (Å²) in [6.45, 7) is 11.3. The molecule has 156 valence electrons. The van der Waals surface area contributed by atoms with E-state index in [0.29, 0.717) is 12.8 Å². The van der Waals surface area contributed by atoms with Crippen molar-refractivity contribution in [2.24, 2.45) is 5.92 Å². The minimum Gasteiger partial charge on any atom is -0.393 e. The maximum absolute atomic E-state index is 12.8. The average molecular weight is 414 g/mol. The highest BCUT2D eigenvalue weighted by Crippen LogP contribution is 2.32. The molecule has 2 rings (SSSR count). The second-order valence-electron chi connectivity index (χ2n) is 7.74. The van der Waals surface area contributed by atoms with E-state index in [1.807, 2.05) is 42.7 Å². The van der Waals surface area contributed by atoms with E-state index in [9.17, 15) is 15.0 Å². The number of carbonyl (C=O) groups is 1. The van der Waals surface area contributed by atoms with Gasteiger partial charge in [0.05, 0.1) is 24.2 Å². The summed E-state index contributed by atoms with van der Waals surface area (Å²) in [6.07, 6.45) is 1.67. The summed E-state index contributed by atoms with van der Waals surface area (Å²) in [5, 5.41) is 25.0. The Bertz CT molecular complexity index is 828. The van der Waals surface area contributed by atoms with Crippen molar-refractivity contribution in [3.63, 3.8) is 0 Å². The predicted octanol–water partition coefficient (Wildman–Crippen LogP) is 4.72. The van der Waals surface area contributed by atoms with E-state index in [2.05, 4.69) is 31.5 Å². The second kappa shape index (κ2) is 10.7. The average Bonchev–Trinajstić information content (AvgIpc) is 2.68. The molecule has 0 bridgehead atoms. The van der Waals surface area contributed by atoms with E-state index in [4.69, 9.17) is 0 Å². The van der Waals surface area contributed by atoms with E-state index >= 15 is 0 Å². The van der Waals surface area contributed by atoms with Gasteiger partial charge in [0.2, 0.25) is 5.91 Å². The lowest BCUT2D eigenvalue weighted by Gasteiger charge is -2.28. The van der Waals surface area contributed by atoms with Gasteiger partial charge in [-0.15, -0.1) is 5.73 Å². The molecule has 0 saturated heterocycles. The lowest BCUT2D eigenvalue weighted by Crippen LogP contribution is -2.40. The Kier molecular flexibility index (Phi) is 8.54. The van der Waals surface area contributed by atoms with Crippen LogP contribution >= 0.6 is 11.8 Å². The summed E-state index contributed by atoms with van der Waals surface area (Å²) in [7, 11) is 0. The largest absolute Gasteiger partial charge is 0.393 e. The molecule has 0 aliphatic heterocycles. The van der Waals surface area contributed by atoms with Crippen molar-refractivity contribution in [1.29, 1.82) is 0 Å². The van der Waals surface area contributed by atoms with Gasteiger partial charge in [0.25, 0.3) is 0 Å². The van der Waals surface area contributed by atoms with Gasteiger partial charge < -0.3 is 15.5 Å². The van der Waals surface area contributed by atoms with Crippen LogP contribution in [0.15, 0.2) is 59.2 Å². The fraction of sp³-hybridized carbons (Fsp3) is 0.417. The van der Waals surface area contributed by atoms with Crippen molar-refractivity contribution < 1.29 is 15.0 Å². The number of carbonyl (C=O) groups excluding carboxylic acids is 1. The maximum atomic E-state index is 12.8. The summed E-state index contributed by atoms with van der Waals surface area (Å²) in [5.74, 6) is -0.525. The van der Waals surface area contributed by atoms with Crippen LogP contribution in [0.4, 0.5) is 0 Å². The number of rotatable bonds is 7. The van der Waals surface area contributed by atoms with Crippen LogP contribution in [-0.4, -0.2) is 28.3 Å². The summed E-state index contributed by atoms with van der Waals surface area (Å²) in [5.41, 5.74) is 6.84. The summed E-state index contributed by atoms with van der Waals surface area (Å²) < 4.78 is 0. The third-order valence-electron chi connectivity index (χ3n) is 5.11. The highest BCUT2D eigenvalue weighted by molar-refractivity contribution is 8.10. The molecule has 1 aromatic carbocycles. The van der Waals surface area contributed by atoms with E-state index in [-0.39, 0.29) is 11.8 Å². The molecule has 1 aromatic rings. The van der Waals surface area contributed by atoms with Gasteiger partial charge in [0.1, 0.15) is 0 Å². The molecule has 0 heterocycles. The van der Waals surface area contributed by atoms with Gasteiger partial charge in [-0.3, -0.25) is 4.79 Å². The van der Waals surface area contributed by atoms with Gasteiger partial charge in [-0.25, -0.2) is 0 Å². The highest BCUT2D eigenvalue weighted by Gasteiger charge is 2.29. The lowest BCUT2D eigenvalue weighted by molar-refractivity contribution is -0.126. The van der Waals surface area contributed by atoms with Crippen molar-refractivity contribution >= 4 is 22.6 Å². The summed E-state index contributed by atoms with van der Waals surface area (Å²) in [4.78, 5) is 14.0. The number of amides is 1. The van der Waals surface area contributed by atoms with Crippen molar-refractivity contribution in [3.8, 4) is 0 Å². The molecule has 0 radical (unpaired) electrons. The van der Waals surface area contributed by atoms with Crippen molar-refractivity contribution in [3.05, 3.63) is 70.3 Å². The number of hydrogen-bond acceptors (Lipinski definition) is 4. The lowest BCUT2D eigenvalue weighted by atomic mass is 9.86. The van der Waals surface area contributed by atoms with Crippen LogP contribution in [0.2, 0.25) is 0 Å². The summed E-state index contributed by atoms with van der Waals surface area (Å²) >= 11 is 1.57. The first kappa shape index (κ1) is 23.2. The molecule has 29 heavy (non-hydrogen) atoms. The predicted molar refractivity (Wildman–Crippen MR) is 121 cm³/mol. The number of aliphatic hydroxyl groups is 2. The molecule has 5 heteroatoms. The third kappa shape index (κ3) is 6.22. The monoisotopic (exact) mass is 413 g/mol. The number of hydrogen-bond donors (Lipinski definition) is 3. The van der Waals surface area contributed by atoms with Crippen LogP contribution in [0.3, 0.4) is 0 Å². The Morgan fingerprint density at radius 2 is 2.00 bits per heavy atom. The molecule has 1 aliphatic carbocycles. The molecule has 0 spiro atoms. The Morgan fingerprint density at radius 1 is 1.34 bits per heavy atom. The van der Waals surface area contributed by atoms with Gasteiger partial charge in [-0.2, -0.15) is 0 Å². The van der Waals surface area contributed by atoms with Gasteiger partial charge in [-0.1, -0.05) is 59.8 Å². The van der Waals surface area contributed by atoms with Crippen LogP contribution in [-0.2, 0) is 4.79 Å². The molecular weight excluding hydrogens is 382 g/mol. The molecule has 1 aliphatic rings. The van der Waals surface area contributed by atoms with Crippen LogP contribution in [0.1, 0.15) is 57.7 Å². The fourth-order valence-electron chi connectivity index (χ4n) is 3.49. The van der Waals surface area contributed by atoms with Crippen molar-refractivity contribution in [2.75, 3.05) is 0 Å². The highest BCUT2D eigenvalue weighted by atomic mass is 32.2. The normalized spacial score (nSPS) is 20.7. The smallest absolute Gasteiger partial charge is 0.227 e. The minimum atomic E-state index is -0.747. The Hall–Kier alpha value is -2.04. The third-order valence-corrected chi connectivity index (χ3v) is 6.28. The molecule has 0 saturated carbocycles. The van der Waals surface area contributed by atoms with Crippen molar-refractivity contribution in [1.82, 2.24) is 5.32 Å². The van der Waals surface area contributed by atoms with Crippen LogP contribution in [0.5, 0.6) is 0 Å². The number of nitrogens with one attached hydrogen (secondary N) is 1. The van der Waals surface area contributed by atoms with E-state index in [0.717, 1.165) is 21.6 Å². The molecule has 0 aromatic heterocycles. The molecule has 1 amide bonds. The zero-order valence-corrected chi connectivity index (χ0v) is 18.4. The molecule has 0 fully saturated rings. The Labute approximate surface area is 178 Å². The quantitative estimate of drug-likeness (QED) is 0.447. The maximum Gasteiger partial charge on any atom is 0.227 e. The van der Waals surface area contributed by atoms with E-state index < -0.39 is 18.2 Å². The molecule has 4 nitrogen and oxygen atoms in total. The van der Waals surface area contributed by atoms with Crippen molar-refractivity contribution in [2.45, 2.75) is 58.8 Å². The second-order valence-corrected chi connectivity index (χ2v) is 8.62. The zero-order chi connectivity index (χ0) is 21.6. The van der Waals surface area contributed by atoms with Gasteiger partial charge in [-0.05, 0) is 51.7 Å². The van der Waals surface area contributed by atoms with Gasteiger partial charge in [0.15, 0.2) is 0 Å². The number of aliphatic hydroxyl groups excluding tert-OH is 2. The molecule has 4 atom stereocenters. The first-order chi connectivity index (χ1) is 13.7. The topological polar surface area (TPSA) is 69.6 Å². The molecular formula is C24H31NO3S. The first-order valence-corrected chi connectivity index (χ1v) is 10.7. The number of benzene rings is 1. The van der Waals surface area contributed by atoms with Crippen LogP contribution in [0, 0.1) is 5.92 Å². The zero-order valence-electron chi connectivity index (χ0n) is 17.6. The first-order valence-electron chi connectivity index (χ1n) is 9.86. The number of thioether (sulfide) groups is 1. The van der Waals surface area contributed by atoms with Gasteiger partial charge >= 0.3 is 0 Å².